The maximum atomic E-state index is 12.0. The zero-order valence-corrected chi connectivity index (χ0v) is 44.8. The number of unbranched alkanes of at least 4 members (excludes halogenated alkanes) is 1. The molecule has 11 nitrogen and oxygen atoms in total. The minimum Gasteiger partial charge on any atom is -0.490 e. The van der Waals surface area contributed by atoms with Gasteiger partial charge in [0.05, 0.1) is 13.2 Å². The summed E-state index contributed by atoms with van der Waals surface area (Å²) in [5.74, 6) is 1.36. The van der Waals surface area contributed by atoms with Crippen LogP contribution in [0.3, 0.4) is 0 Å². The van der Waals surface area contributed by atoms with Crippen molar-refractivity contribution < 1.29 is 23.9 Å². The van der Waals surface area contributed by atoms with Gasteiger partial charge in [0.2, 0.25) is 0 Å². The summed E-state index contributed by atoms with van der Waals surface area (Å²) < 4.78 is 18.4. The molecule has 2 bridgehead atoms. The number of carbonyl (C=O) groups is 3. The van der Waals surface area contributed by atoms with E-state index in [0.29, 0.717) is 18.2 Å². The van der Waals surface area contributed by atoms with Crippen LogP contribution < -0.4 is 4.74 Å². The summed E-state index contributed by atoms with van der Waals surface area (Å²) in [5.41, 5.74) is 6.02. The number of likely N-dealkylation sites (tertiary alicyclic amines) is 1. The largest absolute Gasteiger partial charge is 0.490 e. The molecule has 0 amide bonds. The lowest BCUT2D eigenvalue weighted by Crippen LogP contribution is -2.46. The van der Waals surface area contributed by atoms with Gasteiger partial charge in [-0.2, -0.15) is 0 Å². The lowest BCUT2D eigenvalue weighted by Gasteiger charge is -2.39. The molecule has 7 heterocycles. The van der Waals surface area contributed by atoms with Gasteiger partial charge in [0, 0.05) is 124 Å². The van der Waals surface area contributed by atoms with E-state index in [2.05, 4.69) is 58.7 Å². The van der Waals surface area contributed by atoms with Crippen molar-refractivity contribution in [1.82, 2.24) is 28.4 Å². The number of hydrogen-bond acceptors (Lipinski definition) is 8. The number of benzene rings is 4. The third kappa shape index (κ3) is 13.5. The quantitative estimate of drug-likeness (QED) is 0.0620. The number of hydrogen-bond donors (Lipinski definition) is 0. The normalized spacial score (nSPS) is 19.3. The van der Waals surface area contributed by atoms with Crippen LogP contribution in [0.5, 0.6) is 5.75 Å². The fourth-order valence-electron chi connectivity index (χ4n) is 12.0. The number of Topliss-reactive ketones (excluding diaryl/α,β-unsaturated/α-hetero) is 3. The molecule has 4 fully saturated rings. The third-order valence-corrected chi connectivity index (χ3v) is 16.1. The van der Waals surface area contributed by atoms with E-state index in [0.717, 1.165) is 146 Å². The van der Waals surface area contributed by atoms with E-state index in [9.17, 15) is 14.4 Å². The average molecular weight is 1020 g/mol. The first-order valence-electron chi connectivity index (χ1n) is 27.6. The first kappa shape index (κ1) is 53.3. The molecule has 0 spiro atoms. The van der Waals surface area contributed by atoms with Gasteiger partial charge in [0.15, 0.2) is 17.3 Å². The molecule has 2 atom stereocenters. The van der Waals surface area contributed by atoms with E-state index >= 15 is 0 Å². The van der Waals surface area contributed by atoms with Crippen molar-refractivity contribution in [3.05, 3.63) is 137 Å². The van der Waals surface area contributed by atoms with Gasteiger partial charge in [-0.1, -0.05) is 72.6 Å². The number of aryl methyl sites for hydroxylation is 3. The molecule has 4 aromatic carbocycles. The molecule has 12 heteroatoms. The van der Waals surface area contributed by atoms with Crippen molar-refractivity contribution in [3.63, 3.8) is 0 Å². The topological polar surface area (TPSA) is 94.2 Å². The molecule has 0 saturated carbocycles. The second-order valence-electron chi connectivity index (χ2n) is 21.0. The van der Waals surface area contributed by atoms with E-state index in [1.165, 1.54) is 63.7 Å². The number of aromatic nitrogens is 3. The van der Waals surface area contributed by atoms with E-state index in [1.807, 2.05) is 85.3 Å². The summed E-state index contributed by atoms with van der Waals surface area (Å²) in [4.78, 5) is 43.3. The lowest BCUT2D eigenvalue weighted by molar-refractivity contribution is 0.0369. The molecule has 7 aromatic rings. The molecule has 392 valence electrons. The highest BCUT2D eigenvalue weighted by Gasteiger charge is 2.41. The summed E-state index contributed by atoms with van der Waals surface area (Å²) in [5, 5.41) is 3.97. The Labute approximate surface area is 443 Å². The van der Waals surface area contributed by atoms with Crippen molar-refractivity contribution in [2.45, 2.75) is 129 Å². The van der Waals surface area contributed by atoms with E-state index in [1.54, 1.807) is 20.8 Å². The van der Waals surface area contributed by atoms with Crippen molar-refractivity contribution >= 4 is 61.7 Å². The van der Waals surface area contributed by atoms with Crippen LogP contribution in [-0.4, -0.2) is 123 Å². The summed E-state index contributed by atoms with van der Waals surface area (Å²) in [7, 11) is 0. The van der Waals surface area contributed by atoms with Crippen LogP contribution in [0.4, 0.5) is 0 Å². The number of nitrogens with zero attached hydrogens (tertiary/aromatic N) is 6. The lowest BCUT2D eigenvalue weighted by atomic mass is 9.99. The Morgan fingerprint density at radius 1 is 0.514 bits per heavy atom. The maximum absolute atomic E-state index is 12.0. The minimum atomic E-state index is 0.137. The van der Waals surface area contributed by atoms with E-state index < -0.39 is 0 Å². The summed E-state index contributed by atoms with van der Waals surface area (Å²) in [6.45, 7) is 17.5. The Balaban J connectivity index is 0.000000141. The van der Waals surface area contributed by atoms with Gasteiger partial charge in [0.25, 0.3) is 0 Å². The van der Waals surface area contributed by atoms with Gasteiger partial charge in [0.1, 0.15) is 11.9 Å². The molecular weight excluding hydrogens is 944 g/mol. The summed E-state index contributed by atoms with van der Waals surface area (Å²) in [6, 6.07) is 33.6. The Kier molecular flexibility index (Phi) is 18.6. The van der Waals surface area contributed by atoms with Crippen LogP contribution >= 0.6 is 11.6 Å². The number of rotatable bonds is 18. The zero-order chi connectivity index (χ0) is 51.4. The Bertz CT molecular complexity index is 2840. The molecule has 2 unspecified atom stereocenters. The van der Waals surface area contributed by atoms with E-state index in [-0.39, 0.29) is 17.3 Å². The molecule has 74 heavy (non-hydrogen) atoms. The molecule has 4 aliphatic heterocycles. The Morgan fingerprint density at radius 3 is 1.39 bits per heavy atom. The number of carbonyl (C=O) groups excluding carboxylic acids is 3. The standard InChI is InChI=1S/C27H31ClN2O2.C18H24N2O.C17H22N2O2/c1-19(31)26-18-29(27-7-3-2-6-25(26)27)14-4-5-15-30-21-10-11-22(30)17-24(16-21)32-23-12-8-20(28)9-13-23;1-15(21)17-14-20(18-9-4-3-8-16(17)18)13-7-12-19-10-5-2-6-11-19;1-14(20)16-13-19(17-6-3-2-5-15(16)17)8-4-7-18-9-11-21-12-10-18/h2-3,6-9,12-13,18,21-22,24H,4-5,10-11,14-17H2,1H3;3-4,8-9,14H,2,5-7,10-13H2,1H3;2-3,5-6,13H,4,7-12H2,1H3. The van der Waals surface area contributed by atoms with Crippen molar-refractivity contribution in [2.24, 2.45) is 0 Å². The second kappa shape index (κ2) is 25.8. The first-order chi connectivity index (χ1) is 36.1. The SMILES string of the molecule is CC(=O)c1cn(CCCCN2C3CCC2CC(Oc2ccc(Cl)cc2)C3)c2ccccc12.CC(=O)c1cn(CCCN2CCCCC2)c2ccccc12.CC(=O)c1cn(CCCN2CCOCC2)c2ccccc12. The Hall–Kier alpha value is -5.56. The van der Waals surface area contributed by atoms with Crippen LogP contribution in [0.15, 0.2) is 116 Å². The molecule has 0 aliphatic carbocycles. The number of ketones is 3. The van der Waals surface area contributed by atoms with Gasteiger partial charge in [-0.15, -0.1) is 0 Å². The van der Waals surface area contributed by atoms with Crippen molar-refractivity contribution in [3.8, 4) is 5.75 Å². The molecule has 0 N–H and O–H groups in total. The van der Waals surface area contributed by atoms with Crippen molar-refractivity contribution in [1.29, 1.82) is 0 Å². The number of piperidine rings is 2. The van der Waals surface area contributed by atoms with Crippen LogP contribution in [0.1, 0.15) is 122 Å². The van der Waals surface area contributed by atoms with Crippen LogP contribution in [0.2, 0.25) is 5.02 Å². The van der Waals surface area contributed by atoms with Gasteiger partial charge >= 0.3 is 0 Å². The average Bonchev–Trinajstić information content (AvgIpc) is 4.16. The molecule has 11 rings (SSSR count). The smallest absolute Gasteiger partial charge is 0.161 e. The summed E-state index contributed by atoms with van der Waals surface area (Å²) >= 11 is 5.99. The van der Waals surface area contributed by atoms with Crippen molar-refractivity contribution in [2.75, 3.05) is 59.0 Å². The molecule has 3 aromatic heterocycles. The van der Waals surface area contributed by atoms with E-state index in [4.69, 9.17) is 21.1 Å². The molecule has 0 radical (unpaired) electrons. The van der Waals surface area contributed by atoms with Gasteiger partial charge < -0.3 is 28.1 Å². The summed E-state index contributed by atoms with van der Waals surface area (Å²) in [6.07, 6.45) is 19.8. The fraction of sp³-hybridized carbons (Fsp3) is 0.468. The van der Waals surface area contributed by atoms with Crippen LogP contribution in [-0.2, 0) is 24.4 Å². The maximum Gasteiger partial charge on any atom is 0.161 e. The number of fused-ring (bicyclic) bond motifs is 5. The van der Waals surface area contributed by atoms with Gasteiger partial charge in [-0.3, -0.25) is 24.2 Å². The number of halogens is 1. The van der Waals surface area contributed by atoms with Gasteiger partial charge in [-0.25, -0.2) is 0 Å². The minimum absolute atomic E-state index is 0.137. The highest BCUT2D eigenvalue weighted by Crippen LogP contribution is 2.38. The second-order valence-corrected chi connectivity index (χ2v) is 21.4. The number of morpholine rings is 1. The highest BCUT2D eigenvalue weighted by atomic mass is 35.5. The first-order valence-corrected chi connectivity index (χ1v) is 27.9. The molecular formula is C62H77ClN6O5. The number of para-hydroxylation sites is 3. The van der Waals surface area contributed by atoms with Gasteiger partial charge in [-0.05, 0) is 154 Å². The van der Waals surface area contributed by atoms with Crippen LogP contribution in [0, 0.1) is 0 Å². The molecule has 4 saturated heterocycles. The predicted molar refractivity (Wildman–Crippen MR) is 300 cm³/mol. The number of ether oxygens (including phenoxy) is 2. The highest BCUT2D eigenvalue weighted by molar-refractivity contribution is 6.30. The zero-order valence-electron chi connectivity index (χ0n) is 44.1. The Morgan fingerprint density at radius 2 is 0.932 bits per heavy atom. The van der Waals surface area contributed by atoms with Crippen LogP contribution in [0.25, 0.3) is 32.7 Å². The third-order valence-electron chi connectivity index (χ3n) is 15.8. The monoisotopic (exact) mass is 1020 g/mol. The fourth-order valence-corrected chi connectivity index (χ4v) is 12.2. The predicted octanol–water partition coefficient (Wildman–Crippen LogP) is 12.6. The molecule has 4 aliphatic rings.